The molecule has 114 valence electrons. The predicted octanol–water partition coefficient (Wildman–Crippen LogP) is 1.12. The highest BCUT2D eigenvalue weighted by molar-refractivity contribution is 6.16. The maximum absolute atomic E-state index is 11.2. The molecule has 1 aromatic heterocycles. The van der Waals surface area contributed by atoms with E-state index in [1.807, 2.05) is 0 Å². The molecule has 8 heteroatoms. The third-order valence-corrected chi connectivity index (χ3v) is 3.16. The van der Waals surface area contributed by atoms with Crippen molar-refractivity contribution >= 4 is 17.9 Å². The summed E-state index contributed by atoms with van der Waals surface area (Å²) in [6.45, 7) is 0. The van der Waals surface area contributed by atoms with Gasteiger partial charge in [-0.15, -0.1) is 0 Å². The second-order valence-corrected chi connectivity index (χ2v) is 4.55. The van der Waals surface area contributed by atoms with Gasteiger partial charge in [0.25, 0.3) is 5.41 Å². The fourth-order valence-corrected chi connectivity index (χ4v) is 1.91. The Kier molecular flexibility index (Phi) is 3.93. The molecule has 0 atom stereocenters. The minimum absolute atomic E-state index is 0.0777. The molecule has 0 saturated carbocycles. The molecule has 22 heavy (non-hydrogen) atoms. The lowest BCUT2D eigenvalue weighted by Gasteiger charge is -2.18. The van der Waals surface area contributed by atoms with Gasteiger partial charge in [-0.2, -0.15) is 0 Å². The van der Waals surface area contributed by atoms with E-state index in [0.717, 1.165) is 0 Å². The molecule has 3 N–H and O–H groups in total. The fraction of sp³-hybridized carbons (Fsp3) is 0.143. The summed E-state index contributed by atoms with van der Waals surface area (Å²) in [6, 6.07) is 10.0. The van der Waals surface area contributed by atoms with Crippen LogP contribution >= 0.6 is 0 Å². The Labute approximate surface area is 123 Å². The van der Waals surface area contributed by atoms with Crippen molar-refractivity contribution in [3.8, 4) is 11.3 Å². The van der Waals surface area contributed by atoms with E-state index in [9.17, 15) is 14.4 Å². The molecule has 0 spiro atoms. The van der Waals surface area contributed by atoms with Gasteiger partial charge in [-0.05, 0) is 0 Å². The Balaban J connectivity index is 2.37. The molecule has 1 heterocycles. The minimum atomic E-state index is -3.01. The van der Waals surface area contributed by atoms with Crippen molar-refractivity contribution in [2.75, 3.05) is 0 Å². The van der Waals surface area contributed by atoms with Crippen LogP contribution < -0.4 is 0 Å². The van der Waals surface area contributed by atoms with Crippen molar-refractivity contribution in [2.45, 2.75) is 6.42 Å². The standard InChI is InChI=1S/C14H11NO7/c16-11(17)14(12(18)19,13(20)21)7-9-6-10(22-15-9)8-4-2-1-3-5-8/h1-6H,7H2,(H,16,17)(H,18,19)(H,20,21). The Morgan fingerprint density at radius 3 is 2.05 bits per heavy atom. The largest absolute Gasteiger partial charge is 0.480 e. The monoisotopic (exact) mass is 305 g/mol. The Hall–Kier alpha value is -3.16. The molecular formula is C14H11NO7. The maximum Gasteiger partial charge on any atom is 0.333 e. The molecule has 0 bridgehead atoms. The fourth-order valence-electron chi connectivity index (χ4n) is 1.91. The lowest BCUT2D eigenvalue weighted by Crippen LogP contribution is -2.48. The van der Waals surface area contributed by atoms with Gasteiger partial charge >= 0.3 is 17.9 Å². The number of rotatable bonds is 6. The maximum atomic E-state index is 11.2. The molecule has 0 fully saturated rings. The molecule has 1 aromatic carbocycles. The van der Waals surface area contributed by atoms with Gasteiger partial charge < -0.3 is 19.8 Å². The SMILES string of the molecule is O=C(O)C(Cc1cc(-c2ccccc2)on1)(C(=O)O)C(=O)O. The molecule has 0 radical (unpaired) electrons. The number of aliphatic carboxylic acids is 3. The predicted molar refractivity (Wildman–Crippen MR) is 71.0 cm³/mol. The van der Waals surface area contributed by atoms with E-state index in [4.69, 9.17) is 19.8 Å². The third-order valence-electron chi connectivity index (χ3n) is 3.16. The summed E-state index contributed by atoms with van der Waals surface area (Å²) in [5.41, 5.74) is -2.44. The van der Waals surface area contributed by atoms with Gasteiger partial charge in [-0.25, -0.2) is 0 Å². The molecule has 0 saturated heterocycles. The summed E-state index contributed by atoms with van der Waals surface area (Å²) in [7, 11) is 0. The summed E-state index contributed by atoms with van der Waals surface area (Å²) >= 11 is 0. The average Bonchev–Trinajstić information content (AvgIpc) is 2.93. The number of benzene rings is 1. The Morgan fingerprint density at radius 1 is 1.00 bits per heavy atom. The number of carbonyl (C=O) groups is 3. The van der Waals surface area contributed by atoms with Crippen LogP contribution in [0.2, 0.25) is 0 Å². The number of nitrogens with zero attached hydrogens (tertiary/aromatic N) is 1. The van der Waals surface area contributed by atoms with Gasteiger partial charge in [0.15, 0.2) is 5.76 Å². The minimum Gasteiger partial charge on any atom is -0.480 e. The molecule has 0 aliphatic heterocycles. The summed E-state index contributed by atoms with van der Waals surface area (Å²) in [5, 5.41) is 30.6. The highest BCUT2D eigenvalue weighted by atomic mass is 16.5. The normalized spacial score (nSPS) is 11.1. The van der Waals surface area contributed by atoms with E-state index >= 15 is 0 Å². The Bertz CT molecular complexity index is 684. The number of aromatic nitrogens is 1. The number of hydrogen-bond donors (Lipinski definition) is 3. The zero-order valence-corrected chi connectivity index (χ0v) is 11.1. The smallest absolute Gasteiger partial charge is 0.333 e. The van der Waals surface area contributed by atoms with Crippen molar-refractivity contribution in [2.24, 2.45) is 5.41 Å². The van der Waals surface area contributed by atoms with Crippen LogP contribution in [0, 0.1) is 5.41 Å². The van der Waals surface area contributed by atoms with Crippen molar-refractivity contribution in [3.63, 3.8) is 0 Å². The molecule has 2 rings (SSSR count). The van der Waals surface area contributed by atoms with E-state index in [-0.39, 0.29) is 11.5 Å². The van der Waals surface area contributed by atoms with Crippen molar-refractivity contribution < 1.29 is 34.2 Å². The van der Waals surface area contributed by atoms with Crippen LogP contribution in [-0.4, -0.2) is 38.4 Å². The number of carboxylic acid groups (broad SMARTS) is 3. The third kappa shape index (κ3) is 2.53. The van der Waals surface area contributed by atoms with E-state index in [0.29, 0.717) is 5.56 Å². The molecular weight excluding hydrogens is 294 g/mol. The van der Waals surface area contributed by atoms with Gasteiger partial charge in [-0.1, -0.05) is 35.5 Å². The van der Waals surface area contributed by atoms with Gasteiger partial charge in [0.05, 0.1) is 5.69 Å². The zero-order valence-electron chi connectivity index (χ0n) is 11.1. The number of carboxylic acids is 3. The van der Waals surface area contributed by atoms with Gasteiger partial charge in [0.2, 0.25) is 0 Å². The van der Waals surface area contributed by atoms with Crippen molar-refractivity contribution in [1.29, 1.82) is 0 Å². The first-order valence-electron chi connectivity index (χ1n) is 6.09. The quantitative estimate of drug-likeness (QED) is 0.675. The summed E-state index contributed by atoms with van der Waals surface area (Å²) < 4.78 is 5.01. The molecule has 0 aliphatic rings. The van der Waals surface area contributed by atoms with Crippen molar-refractivity contribution in [3.05, 3.63) is 42.1 Å². The first-order chi connectivity index (χ1) is 10.4. The highest BCUT2D eigenvalue weighted by Gasteiger charge is 2.55. The van der Waals surface area contributed by atoms with E-state index in [2.05, 4.69) is 5.16 Å². The summed E-state index contributed by atoms with van der Waals surface area (Å²) in [6.07, 6.45) is -0.830. The lowest BCUT2D eigenvalue weighted by molar-refractivity contribution is -0.175. The van der Waals surface area contributed by atoms with Crippen LogP contribution in [0.25, 0.3) is 11.3 Å². The Morgan fingerprint density at radius 2 is 1.55 bits per heavy atom. The topological polar surface area (TPSA) is 138 Å². The zero-order chi connectivity index (χ0) is 16.3. The van der Waals surface area contributed by atoms with Gasteiger partial charge in [0, 0.05) is 18.1 Å². The molecule has 0 unspecified atom stereocenters. The summed E-state index contributed by atoms with van der Waals surface area (Å²) in [5.74, 6) is -5.64. The van der Waals surface area contributed by atoms with Crippen LogP contribution in [0.3, 0.4) is 0 Å². The van der Waals surface area contributed by atoms with Gasteiger partial charge in [0.1, 0.15) is 0 Å². The van der Waals surface area contributed by atoms with Crippen LogP contribution in [0.5, 0.6) is 0 Å². The molecule has 2 aromatic rings. The van der Waals surface area contributed by atoms with E-state index < -0.39 is 29.7 Å². The molecule has 8 nitrogen and oxygen atoms in total. The van der Waals surface area contributed by atoms with E-state index in [1.165, 1.54) is 6.07 Å². The molecule has 0 aliphatic carbocycles. The molecule has 0 amide bonds. The average molecular weight is 305 g/mol. The van der Waals surface area contributed by atoms with Crippen LogP contribution in [0.1, 0.15) is 5.69 Å². The second-order valence-electron chi connectivity index (χ2n) is 4.55. The summed E-state index contributed by atoms with van der Waals surface area (Å²) in [4.78, 5) is 33.5. The van der Waals surface area contributed by atoms with Gasteiger partial charge in [-0.3, -0.25) is 14.4 Å². The van der Waals surface area contributed by atoms with E-state index in [1.54, 1.807) is 30.3 Å². The van der Waals surface area contributed by atoms with Crippen LogP contribution in [-0.2, 0) is 20.8 Å². The highest BCUT2D eigenvalue weighted by Crippen LogP contribution is 2.27. The van der Waals surface area contributed by atoms with Crippen LogP contribution in [0.4, 0.5) is 0 Å². The van der Waals surface area contributed by atoms with Crippen molar-refractivity contribution in [1.82, 2.24) is 5.16 Å². The second kappa shape index (κ2) is 5.68. The first-order valence-corrected chi connectivity index (χ1v) is 6.09. The van der Waals surface area contributed by atoms with Crippen LogP contribution in [0.15, 0.2) is 40.9 Å². The first kappa shape index (κ1) is 15.2. The number of hydrogen-bond acceptors (Lipinski definition) is 5. The lowest BCUT2D eigenvalue weighted by atomic mass is 9.83.